The van der Waals surface area contributed by atoms with Gasteiger partial charge in [-0.25, -0.2) is 0 Å². The van der Waals surface area contributed by atoms with Crippen molar-refractivity contribution in [2.45, 2.75) is 38.5 Å². The average Bonchev–Trinajstić information content (AvgIpc) is 2.59. The highest BCUT2D eigenvalue weighted by Gasteiger charge is 2.23. The number of aryl methyl sites for hydroxylation is 1. The third-order valence-corrected chi connectivity index (χ3v) is 3.37. The average molecular weight is 203 g/mol. The fourth-order valence-electron chi connectivity index (χ4n) is 2.54. The van der Waals surface area contributed by atoms with Gasteiger partial charge in [0.2, 0.25) is 5.91 Å². The second-order valence-electron chi connectivity index (χ2n) is 4.38. The Morgan fingerprint density at radius 2 is 2.33 bits per heavy atom. The highest BCUT2D eigenvalue weighted by Crippen LogP contribution is 2.37. The van der Waals surface area contributed by atoms with Gasteiger partial charge in [-0.1, -0.05) is 18.2 Å². The minimum Gasteiger partial charge on any atom is -0.370 e. The lowest BCUT2D eigenvalue weighted by molar-refractivity contribution is -0.118. The lowest BCUT2D eigenvalue weighted by Gasteiger charge is -2.10. The van der Waals surface area contributed by atoms with Crippen molar-refractivity contribution in [3.63, 3.8) is 0 Å². The monoisotopic (exact) mass is 203 g/mol. The molecule has 0 heterocycles. The first-order chi connectivity index (χ1) is 7.18. The van der Waals surface area contributed by atoms with E-state index in [0.717, 1.165) is 12.8 Å². The molecule has 2 N–H and O–H groups in total. The SMILES string of the molecule is Cc1cccc2c1CCC2CCC(N)=O. The van der Waals surface area contributed by atoms with Crippen LogP contribution in [0.15, 0.2) is 18.2 Å². The quantitative estimate of drug-likeness (QED) is 0.804. The molecule has 2 nitrogen and oxygen atoms in total. The predicted octanol–water partition coefficient (Wildman–Crippen LogP) is 2.29. The number of rotatable bonds is 3. The van der Waals surface area contributed by atoms with Gasteiger partial charge in [-0.15, -0.1) is 0 Å². The summed E-state index contributed by atoms with van der Waals surface area (Å²) in [5.41, 5.74) is 9.50. The molecule has 1 amide bonds. The molecule has 0 spiro atoms. The van der Waals surface area contributed by atoms with Gasteiger partial charge in [-0.05, 0) is 48.8 Å². The number of nitrogens with two attached hydrogens (primary N) is 1. The molecule has 1 aliphatic rings. The first-order valence-corrected chi connectivity index (χ1v) is 5.55. The van der Waals surface area contributed by atoms with Crippen LogP contribution in [0.3, 0.4) is 0 Å². The summed E-state index contributed by atoms with van der Waals surface area (Å²) in [6.07, 6.45) is 3.75. The van der Waals surface area contributed by atoms with Crippen LogP contribution >= 0.6 is 0 Å². The molecule has 0 radical (unpaired) electrons. The first kappa shape index (κ1) is 10.2. The van der Waals surface area contributed by atoms with E-state index in [9.17, 15) is 4.79 Å². The Labute approximate surface area is 90.5 Å². The number of hydrogen-bond acceptors (Lipinski definition) is 1. The van der Waals surface area contributed by atoms with Gasteiger partial charge in [-0.3, -0.25) is 4.79 Å². The molecule has 2 rings (SSSR count). The number of carbonyl (C=O) groups excluding carboxylic acids is 1. The van der Waals surface area contributed by atoms with Crippen LogP contribution in [0.5, 0.6) is 0 Å². The first-order valence-electron chi connectivity index (χ1n) is 5.55. The number of primary amides is 1. The molecule has 0 aromatic heterocycles. The molecule has 1 aliphatic carbocycles. The van der Waals surface area contributed by atoms with Crippen LogP contribution in [0.1, 0.15) is 41.9 Å². The van der Waals surface area contributed by atoms with Gasteiger partial charge in [0.05, 0.1) is 0 Å². The molecule has 2 heteroatoms. The van der Waals surface area contributed by atoms with Crippen LogP contribution in [0, 0.1) is 6.92 Å². The fourth-order valence-corrected chi connectivity index (χ4v) is 2.54. The fraction of sp³-hybridized carbons (Fsp3) is 0.462. The van der Waals surface area contributed by atoms with E-state index in [0.29, 0.717) is 12.3 Å². The molecule has 1 atom stereocenters. The maximum Gasteiger partial charge on any atom is 0.217 e. The predicted molar refractivity (Wildman–Crippen MR) is 60.7 cm³/mol. The maximum atomic E-state index is 10.8. The number of carbonyl (C=O) groups is 1. The van der Waals surface area contributed by atoms with Gasteiger partial charge in [0.15, 0.2) is 0 Å². The zero-order chi connectivity index (χ0) is 10.8. The summed E-state index contributed by atoms with van der Waals surface area (Å²) in [4.78, 5) is 10.8. The molecule has 0 bridgehead atoms. The summed E-state index contributed by atoms with van der Waals surface area (Å²) in [6.45, 7) is 2.16. The lowest BCUT2D eigenvalue weighted by Crippen LogP contribution is -2.11. The molecule has 0 aliphatic heterocycles. The van der Waals surface area contributed by atoms with Crippen LogP contribution in [0.25, 0.3) is 0 Å². The number of fused-ring (bicyclic) bond motifs is 1. The molecule has 15 heavy (non-hydrogen) atoms. The van der Waals surface area contributed by atoms with E-state index in [1.807, 2.05) is 0 Å². The smallest absolute Gasteiger partial charge is 0.217 e. The van der Waals surface area contributed by atoms with E-state index in [2.05, 4.69) is 25.1 Å². The lowest BCUT2D eigenvalue weighted by atomic mass is 9.95. The molecule has 0 fully saturated rings. The van der Waals surface area contributed by atoms with Crippen molar-refractivity contribution < 1.29 is 4.79 Å². The second-order valence-corrected chi connectivity index (χ2v) is 4.38. The molecule has 80 valence electrons. The van der Waals surface area contributed by atoms with Gasteiger partial charge in [-0.2, -0.15) is 0 Å². The summed E-state index contributed by atoms with van der Waals surface area (Å²) >= 11 is 0. The van der Waals surface area contributed by atoms with Crippen molar-refractivity contribution in [2.24, 2.45) is 5.73 Å². The normalized spacial score (nSPS) is 18.9. The molecule has 1 aromatic rings. The Morgan fingerprint density at radius 3 is 3.07 bits per heavy atom. The van der Waals surface area contributed by atoms with Crippen LogP contribution < -0.4 is 5.73 Å². The largest absolute Gasteiger partial charge is 0.370 e. The maximum absolute atomic E-state index is 10.8. The summed E-state index contributed by atoms with van der Waals surface area (Å²) in [7, 11) is 0. The van der Waals surface area contributed by atoms with E-state index in [4.69, 9.17) is 5.73 Å². The Kier molecular flexibility index (Phi) is 2.76. The van der Waals surface area contributed by atoms with Gasteiger partial charge >= 0.3 is 0 Å². The number of amides is 1. The van der Waals surface area contributed by atoms with Crippen molar-refractivity contribution in [3.05, 3.63) is 34.9 Å². The number of hydrogen-bond donors (Lipinski definition) is 1. The van der Waals surface area contributed by atoms with Crippen molar-refractivity contribution in [1.29, 1.82) is 0 Å². The van der Waals surface area contributed by atoms with Crippen LogP contribution in [0.2, 0.25) is 0 Å². The number of benzene rings is 1. The Morgan fingerprint density at radius 1 is 1.53 bits per heavy atom. The summed E-state index contributed by atoms with van der Waals surface area (Å²) in [5.74, 6) is 0.364. The second kappa shape index (κ2) is 4.05. The third-order valence-electron chi connectivity index (χ3n) is 3.37. The van der Waals surface area contributed by atoms with Gasteiger partial charge in [0, 0.05) is 6.42 Å². The molecular formula is C13H17NO. The summed E-state index contributed by atoms with van der Waals surface area (Å²) in [5, 5.41) is 0. The van der Waals surface area contributed by atoms with E-state index >= 15 is 0 Å². The van der Waals surface area contributed by atoms with Crippen molar-refractivity contribution >= 4 is 5.91 Å². The minimum atomic E-state index is -0.184. The van der Waals surface area contributed by atoms with E-state index in [-0.39, 0.29) is 5.91 Å². The highest BCUT2D eigenvalue weighted by molar-refractivity contribution is 5.73. The standard InChI is InChI=1S/C13H17NO/c1-9-3-2-4-12-10(5-7-11(9)12)6-8-13(14)15/h2-4,10H,5-8H2,1H3,(H2,14,15). The summed E-state index contributed by atoms with van der Waals surface area (Å²) < 4.78 is 0. The minimum absolute atomic E-state index is 0.184. The topological polar surface area (TPSA) is 43.1 Å². The highest BCUT2D eigenvalue weighted by atomic mass is 16.1. The van der Waals surface area contributed by atoms with E-state index < -0.39 is 0 Å². The molecule has 0 saturated heterocycles. The molecular weight excluding hydrogens is 186 g/mol. The van der Waals surface area contributed by atoms with Gasteiger partial charge < -0.3 is 5.73 Å². The third kappa shape index (κ3) is 2.04. The molecule has 1 unspecified atom stereocenters. The zero-order valence-corrected chi connectivity index (χ0v) is 9.12. The van der Waals surface area contributed by atoms with Crippen LogP contribution in [-0.2, 0) is 11.2 Å². The van der Waals surface area contributed by atoms with E-state index in [1.165, 1.54) is 23.1 Å². The molecule has 0 saturated carbocycles. The Hall–Kier alpha value is -1.31. The van der Waals surface area contributed by atoms with Gasteiger partial charge in [0.25, 0.3) is 0 Å². The Balaban J connectivity index is 2.14. The van der Waals surface area contributed by atoms with Crippen molar-refractivity contribution in [2.75, 3.05) is 0 Å². The van der Waals surface area contributed by atoms with Crippen molar-refractivity contribution in [1.82, 2.24) is 0 Å². The summed E-state index contributed by atoms with van der Waals surface area (Å²) in [6, 6.07) is 6.47. The van der Waals surface area contributed by atoms with Gasteiger partial charge in [0.1, 0.15) is 0 Å². The molecule has 1 aromatic carbocycles. The Bertz CT molecular complexity index is 384. The zero-order valence-electron chi connectivity index (χ0n) is 9.12. The van der Waals surface area contributed by atoms with E-state index in [1.54, 1.807) is 0 Å². The van der Waals surface area contributed by atoms with Crippen LogP contribution in [0.4, 0.5) is 0 Å². The van der Waals surface area contributed by atoms with Crippen molar-refractivity contribution in [3.8, 4) is 0 Å². The van der Waals surface area contributed by atoms with Crippen LogP contribution in [-0.4, -0.2) is 5.91 Å².